The second kappa shape index (κ2) is 9.79. The van der Waals surface area contributed by atoms with E-state index in [2.05, 4.69) is 27.4 Å². The lowest BCUT2D eigenvalue weighted by atomic mass is 10.0. The highest BCUT2D eigenvalue weighted by molar-refractivity contribution is 6.06. The van der Waals surface area contributed by atoms with Gasteiger partial charge < -0.3 is 24.8 Å². The molecule has 8 nitrogen and oxygen atoms in total. The third-order valence-electron chi connectivity index (χ3n) is 7.14. The number of aliphatic carboxylic acids is 1. The van der Waals surface area contributed by atoms with Gasteiger partial charge in [0, 0.05) is 17.6 Å². The molecule has 0 bridgehead atoms. The van der Waals surface area contributed by atoms with E-state index < -0.39 is 18.2 Å². The SMILES string of the molecule is Cc1nc(N2C[C@@H](CC(O)Nc3ccc(-c4ccccc4)cc3)C[C@H]2C(=O)O)c2oc3ccccc3c2n1. The number of benzene rings is 3. The zero-order chi connectivity index (χ0) is 26.2. The highest BCUT2D eigenvalue weighted by atomic mass is 16.4. The largest absolute Gasteiger partial charge is 0.480 e. The summed E-state index contributed by atoms with van der Waals surface area (Å²) in [7, 11) is 0. The van der Waals surface area contributed by atoms with Gasteiger partial charge in [0.05, 0.1) is 0 Å². The number of carboxylic acid groups (broad SMARTS) is 1. The molecule has 0 spiro atoms. The number of anilines is 2. The van der Waals surface area contributed by atoms with Crippen LogP contribution in [0.4, 0.5) is 11.5 Å². The number of nitrogens with zero attached hydrogens (tertiary/aromatic N) is 3. The molecular formula is C30H28N4O4. The Kier molecular flexibility index (Phi) is 6.17. The van der Waals surface area contributed by atoms with Gasteiger partial charge >= 0.3 is 5.97 Å². The Morgan fingerprint density at radius 1 is 1.03 bits per heavy atom. The number of aliphatic hydroxyl groups is 1. The molecule has 0 saturated carbocycles. The summed E-state index contributed by atoms with van der Waals surface area (Å²) in [5.41, 5.74) is 4.88. The molecule has 5 aromatic rings. The molecule has 3 heterocycles. The fraction of sp³-hybridized carbons (Fsp3) is 0.233. The van der Waals surface area contributed by atoms with E-state index in [1.54, 1.807) is 11.8 Å². The first kappa shape index (κ1) is 23.9. The molecule has 3 aromatic carbocycles. The molecule has 3 N–H and O–H groups in total. The third-order valence-corrected chi connectivity index (χ3v) is 7.14. The van der Waals surface area contributed by atoms with Crippen molar-refractivity contribution in [1.82, 2.24) is 9.97 Å². The number of furan rings is 1. The Hall–Kier alpha value is -4.43. The minimum atomic E-state index is -0.924. The zero-order valence-electron chi connectivity index (χ0n) is 20.9. The first-order valence-corrected chi connectivity index (χ1v) is 12.7. The highest BCUT2D eigenvalue weighted by Crippen LogP contribution is 2.38. The van der Waals surface area contributed by atoms with Crippen molar-refractivity contribution in [1.29, 1.82) is 0 Å². The van der Waals surface area contributed by atoms with Crippen LogP contribution >= 0.6 is 0 Å². The van der Waals surface area contributed by atoms with E-state index in [0.717, 1.165) is 22.2 Å². The van der Waals surface area contributed by atoms with Crippen LogP contribution in [-0.4, -0.2) is 45.0 Å². The standard InChI is InChI=1S/C30H28N4O4/c1-18-31-27-23-9-5-6-10-25(23)38-28(27)29(32-18)34-17-19(15-24(34)30(36)37)16-26(35)33-22-13-11-21(12-14-22)20-7-3-2-4-8-20/h2-14,19,24,26,33,35H,15-17H2,1H3,(H,36,37)/t19-,24+,26?/m1/s1. The van der Waals surface area contributed by atoms with E-state index in [1.807, 2.05) is 66.7 Å². The van der Waals surface area contributed by atoms with Gasteiger partial charge in [0.25, 0.3) is 0 Å². The van der Waals surface area contributed by atoms with Gasteiger partial charge in [0.1, 0.15) is 29.2 Å². The van der Waals surface area contributed by atoms with Crippen molar-refractivity contribution in [3.8, 4) is 11.1 Å². The Labute approximate surface area is 219 Å². The molecule has 38 heavy (non-hydrogen) atoms. The first-order chi connectivity index (χ1) is 18.5. The van der Waals surface area contributed by atoms with Crippen LogP contribution in [0, 0.1) is 12.8 Å². The summed E-state index contributed by atoms with van der Waals surface area (Å²) in [6, 6.07) is 24.8. The number of aliphatic hydroxyl groups excluding tert-OH is 1. The number of carbonyl (C=O) groups is 1. The number of para-hydroxylation sites is 1. The van der Waals surface area contributed by atoms with Crippen molar-refractivity contribution < 1.29 is 19.4 Å². The number of hydrogen-bond acceptors (Lipinski definition) is 7. The molecule has 1 saturated heterocycles. The Bertz CT molecular complexity index is 1600. The number of hydrogen-bond donors (Lipinski definition) is 3. The maximum absolute atomic E-state index is 12.3. The van der Waals surface area contributed by atoms with Crippen LogP contribution in [0.1, 0.15) is 18.7 Å². The Morgan fingerprint density at radius 2 is 1.74 bits per heavy atom. The predicted octanol–water partition coefficient (Wildman–Crippen LogP) is 5.45. The molecule has 2 aromatic heterocycles. The minimum absolute atomic E-state index is 0.0584. The van der Waals surface area contributed by atoms with Gasteiger partial charge in [-0.2, -0.15) is 0 Å². The molecule has 3 atom stereocenters. The molecule has 192 valence electrons. The number of aryl methyl sites for hydroxylation is 1. The van der Waals surface area contributed by atoms with Crippen LogP contribution in [0.3, 0.4) is 0 Å². The fourth-order valence-electron chi connectivity index (χ4n) is 5.40. The monoisotopic (exact) mass is 508 g/mol. The van der Waals surface area contributed by atoms with Gasteiger partial charge in [-0.15, -0.1) is 0 Å². The molecule has 1 aliphatic rings. The van der Waals surface area contributed by atoms with Crippen molar-refractivity contribution >= 4 is 39.5 Å². The molecule has 1 unspecified atom stereocenters. The van der Waals surface area contributed by atoms with Crippen molar-refractivity contribution in [2.75, 3.05) is 16.8 Å². The number of nitrogens with one attached hydrogen (secondary N) is 1. The second-order valence-electron chi connectivity index (χ2n) is 9.82. The zero-order valence-corrected chi connectivity index (χ0v) is 20.9. The smallest absolute Gasteiger partial charge is 0.326 e. The summed E-state index contributed by atoms with van der Waals surface area (Å²) in [4.78, 5) is 23.2. The molecule has 1 aliphatic heterocycles. The summed E-state index contributed by atoms with van der Waals surface area (Å²) in [5.74, 6) is 0.0497. The minimum Gasteiger partial charge on any atom is -0.480 e. The van der Waals surface area contributed by atoms with Gasteiger partial charge in [-0.05, 0) is 61.1 Å². The van der Waals surface area contributed by atoms with Crippen LogP contribution in [-0.2, 0) is 4.79 Å². The first-order valence-electron chi connectivity index (χ1n) is 12.7. The van der Waals surface area contributed by atoms with E-state index in [-0.39, 0.29) is 5.92 Å². The summed E-state index contributed by atoms with van der Waals surface area (Å²) >= 11 is 0. The maximum Gasteiger partial charge on any atom is 0.326 e. The quantitative estimate of drug-likeness (QED) is 0.249. The Morgan fingerprint density at radius 3 is 2.50 bits per heavy atom. The molecule has 1 fully saturated rings. The summed E-state index contributed by atoms with van der Waals surface area (Å²) < 4.78 is 6.09. The average Bonchev–Trinajstić information content (AvgIpc) is 3.51. The number of aromatic nitrogens is 2. The van der Waals surface area contributed by atoms with Gasteiger partial charge in [0.2, 0.25) is 0 Å². The average molecular weight is 509 g/mol. The number of rotatable bonds is 7. The second-order valence-corrected chi connectivity index (χ2v) is 9.82. The van der Waals surface area contributed by atoms with Gasteiger partial charge in [-0.25, -0.2) is 14.8 Å². The predicted molar refractivity (Wildman–Crippen MR) is 147 cm³/mol. The normalized spacial score (nSPS) is 18.2. The van der Waals surface area contributed by atoms with Crippen LogP contribution in [0.5, 0.6) is 0 Å². The van der Waals surface area contributed by atoms with E-state index >= 15 is 0 Å². The van der Waals surface area contributed by atoms with Crippen LogP contribution in [0.15, 0.2) is 83.3 Å². The third kappa shape index (κ3) is 4.54. The van der Waals surface area contributed by atoms with E-state index in [1.165, 1.54) is 0 Å². The summed E-state index contributed by atoms with van der Waals surface area (Å²) in [6.07, 6.45) is -0.0323. The molecule has 8 heteroatoms. The van der Waals surface area contributed by atoms with Gasteiger partial charge in [0.15, 0.2) is 11.4 Å². The van der Waals surface area contributed by atoms with Crippen molar-refractivity contribution in [2.24, 2.45) is 5.92 Å². The van der Waals surface area contributed by atoms with Gasteiger partial charge in [-0.1, -0.05) is 54.6 Å². The van der Waals surface area contributed by atoms with Gasteiger partial charge in [-0.3, -0.25) is 0 Å². The molecule has 0 amide bonds. The number of carboxylic acids is 1. The van der Waals surface area contributed by atoms with Crippen LogP contribution < -0.4 is 10.2 Å². The van der Waals surface area contributed by atoms with Crippen molar-refractivity contribution in [3.63, 3.8) is 0 Å². The Balaban J connectivity index is 1.20. The van der Waals surface area contributed by atoms with Crippen molar-refractivity contribution in [3.05, 3.63) is 84.7 Å². The highest BCUT2D eigenvalue weighted by Gasteiger charge is 2.40. The maximum atomic E-state index is 12.3. The number of fused-ring (bicyclic) bond motifs is 3. The molecule has 6 rings (SSSR count). The lowest BCUT2D eigenvalue weighted by molar-refractivity contribution is -0.138. The fourth-order valence-corrected chi connectivity index (χ4v) is 5.40. The van der Waals surface area contributed by atoms with Crippen LogP contribution in [0.2, 0.25) is 0 Å². The van der Waals surface area contributed by atoms with E-state index in [4.69, 9.17) is 4.42 Å². The lowest BCUT2D eigenvalue weighted by Gasteiger charge is -2.23. The summed E-state index contributed by atoms with van der Waals surface area (Å²) in [6.45, 7) is 2.23. The van der Waals surface area contributed by atoms with Crippen LogP contribution in [0.25, 0.3) is 33.2 Å². The topological polar surface area (TPSA) is 112 Å². The lowest BCUT2D eigenvalue weighted by Crippen LogP contribution is -2.36. The van der Waals surface area contributed by atoms with Crippen molar-refractivity contribution in [2.45, 2.75) is 32.0 Å². The van der Waals surface area contributed by atoms with E-state index in [0.29, 0.717) is 47.7 Å². The molecule has 0 aliphatic carbocycles. The van der Waals surface area contributed by atoms with E-state index in [9.17, 15) is 15.0 Å². The summed E-state index contributed by atoms with van der Waals surface area (Å²) in [5, 5.41) is 24.9. The molecular weight excluding hydrogens is 480 g/mol. The molecule has 0 radical (unpaired) electrons.